The molecule has 3 rings (SSSR count). The van der Waals surface area contributed by atoms with Gasteiger partial charge >= 0.3 is 5.97 Å². The van der Waals surface area contributed by atoms with Gasteiger partial charge < -0.3 is 10.4 Å². The number of fused-ring (bicyclic) bond motifs is 1. The molecule has 0 saturated heterocycles. The predicted molar refractivity (Wildman–Crippen MR) is 85.3 cm³/mol. The highest BCUT2D eigenvalue weighted by atomic mass is 16.4. The van der Waals surface area contributed by atoms with Gasteiger partial charge in [-0.05, 0) is 42.1 Å². The van der Waals surface area contributed by atoms with Crippen LogP contribution in [0.1, 0.15) is 18.4 Å². The van der Waals surface area contributed by atoms with Crippen LogP contribution < -0.4 is 5.32 Å². The number of nitrogens with zero attached hydrogens (tertiary/aromatic N) is 2. The number of hydrogen-bond donors (Lipinski definition) is 2. The van der Waals surface area contributed by atoms with E-state index in [0.717, 1.165) is 27.8 Å². The van der Waals surface area contributed by atoms with Crippen molar-refractivity contribution in [2.75, 3.05) is 5.32 Å². The molecule has 2 aromatic heterocycles. The monoisotopic (exact) mass is 293 g/mol. The van der Waals surface area contributed by atoms with Gasteiger partial charge in [-0.3, -0.25) is 9.78 Å². The fourth-order valence-electron chi connectivity index (χ4n) is 2.24. The quantitative estimate of drug-likeness (QED) is 0.769. The number of carboxylic acids is 1. The molecule has 1 unspecified atom stereocenters. The Bertz CT molecular complexity index is 810. The SMILES string of the molecule is CC(C(=O)O)c1ccc(Nc2nccc3ccncc23)cc1. The summed E-state index contributed by atoms with van der Waals surface area (Å²) in [6, 6.07) is 11.2. The molecule has 5 heteroatoms. The number of carboxylic acid groups (broad SMARTS) is 1. The Balaban J connectivity index is 1.88. The molecular weight excluding hydrogens is 278 g/mol. The Labute approximate surface area is 127 Å². The molecule has 1 aromatic carbocycles. The summed E-state index contributed by atoms with van der Waals surface area (Å²) >= 11 is 0. The number of pyridine rings is 2. The first-order valence-electron chi connectivity index (χ1n) is 6.93. The zero-order chi connectivity index (χ0) is 15.5. The lowest BCUT2D eigenvalue weighted by Gasteiger charge is -2.10. The molecule has 0 radical (unpaired) electrons. The molecule has 2 N–H and O–H groups in total. The van der Waals surface area contributed by atoms with Crippen molar-refractivity contribution >= 4 is 28.2 Å². The summed E-state index contributed by atoms with van der Waals surface area (Å²) in [5, 5.41) is 14.3. The summed E-state index contributed by atoms with van der Waals surface area (Å²) in [5.74, 6) is -0.624. The highest BCUT2D eigenvalue weighted by Gasteiger charge is 2.13. The summed E-state index contributed by atoms with van der Waals surface area (Å²) < 4.78 is 0. The molecule has 0 aliphatic heterocycles. The van der Waals surface area contributed by atoms with Gasteiger partial charge in [-0.1, -0.05) is 12.1 Å². The average Bonchev–Trinajstić information content (AvgIpc) is 2.55. The molecule has 0 amide bonds. The molecule has 0 aliphatic rings. The Kier molecular flexibility index (Phi) is 3.70. The second kappa shape index (κ2) is 5.81. The van der Waals surface area contributed by atoms with Crippen LogP contribution in [-0.4, -0.2) is 21.0 Å². The van der Waals surface area contributed by atoms with Crippen LogP contribution in [0.25, 0.3) is 10.8 Å². The minimum Gasteiger partial charge on any atom is -0.481 e. The fourth-order valence-corrected chi connectivity index (χ4v) is 2.24. The van der Waals surface area contributed by atoms with E-state index in [1.807, 2.05) is 36.4 Å². The largest absolute Gasteiger partial charge is 0.481 e. The standard InChI is InChI=1S/C17H15N3O2/c1-11(17(21)22)12-2-4-14(5-3-12)20-16-15-10-18-8-6-13(15)7-9-19-16/h2-11H,1H3,(H,19,20)(H,21,22). The number of nitrogens with one attached hydrogen (secondary N) is 1. The van der Waals surface area contributed by atoms with E-state index in [2.05, 4.69) is 15.3 Å². The minimum absolute atomic E-state index is 0.520. The highest BCUT2D eigenvalue weighted by molar-refractivity contribution is 5.92. The van der Waals surface area contributed by atoms with Crippen LogP contribution in [0.4, 0.5) is 11.5 Å². The summed E-state index contributed by atoms with van der Waals surface area (Å²) in [4.78, 5) is 19.5. The Morgan fingerprint density at radius 3 is 2.59 bits per heavy atom. The van der Waals surface area contributed by atoms with Crippen LogP contribution in [-0.2, 0) is 4.79 Å². The molecule has 1 atom stereocenters. The third-order valence-electron chi connectivity index (χ3n) is 3.61. The van der Waals surface area contributed by atoms with Gasteiger partial charge in [-0.2, -0.15) is 0 Å². The first-order valence-corrected chi connectivity index (χ1v) is 6.93. The smallest absolute Gasteiger partial charge is 0.310 e. The molecule has 22 heavy (non-hydrogen) atoms. The van der Waals surface area contributed by atoms with Gasteiger partial charge in [-0.15, -0.1) is 0 Å². The highest BCUT2D eigenvalue weighted by Crippen LogP contribution is 2.24. The van der Waals surface area contributed by atoms with Gasteiger partial charge in [0.15, 0.2) is 0 Å². The Morgan fingerprint density at radius 2 is 1.86 bits per heavy atom. The summed E-state index contributed by atoms with van der Waals surface area (Å²) in [5.41, 5.74) is 1.62. The zero-order valence-electron chi connectivity index (χ0n) is 12.0. The molecule has 0 fully saturated rings. The Hall–Kier alpha value is -2.95. The van der Waals surface area contributed by atoms with Gasteiger partial charge in [-0.25, -0.2) is 4.98 Å². The second-order valence-corrected chi connectivity index (χ2v) is 5.06. The topological polar surface area (TPSA) is 75.1 Å². The third kappa shape index (κ3) is 2.74. The average molecular weight is 293 g/mol. The number of aliphatic carboxylic acids is 1. The van der Waals surface area contributed by atoms with Crippen LogP contribution in [0, 0.1) is 0 Å². The van der Waals surface area contributed by atoms with Gasteiger partial charge in [0.1, 0.15) is 5.82 Å². The Morgan fingerprint density at radius 1 is 1.14 bits per heavy atom. The molecule has 0 bridgehead atoms. The summed E-state index contributed by atoms with van der Waals surface area (Å²) in [6.07, 6.45) is 5.26. The van der Waals surface area contributed by atoms with E-state index in [1.165, 1.54) is 0 Å². The number of carbonyl (C=O) groups is 1. The van der Waals surface area contributed by atoms with E-state index in [1.54, 1.807) is 25.5 Å². The molecule has 3 aromatic rings. The van der Waals surface area contributed by atoms with Crippen molar-refractivity contribution in [3.63, 3.8) is 0 Å². The number of benzene rings is 1. The summed E-state index contributed by atoms with van der Waals surface area (Å²) in [6.45, 7) is 1.67. The summed E-state index contributed by atoms with van der Waals surface area (Å²) in [7, 11) is 0. The fraction of sp³-hybridized carbons (Fsp3) is 0.118. The lowest BCUT2D eigenvalue weighted by atomic mass is 10.0. The van der Waals surface area contributed by atoms with Gasteiger partial charge in [0, 0.05) is 29.7 Å². The van der Waals surface area contributed by atoms with E-state index < -0.39 is 11.9 Å². The molecule has 0 aliphatic carbocycles. The normalized spacial score (nSPS) is 12.0. The molecule has 0 spiro atoms. The number of hydrogen-bond acceptors (Lipinski definition) is 4. The molecule has 5 nitrogen and oxygen atoms in total. The van der Waals surface area contributed by atoms with Crippen molar-refractivity contribution in [1.82, 2.24) is 9.97 Å². The van der Waals surface area contributed by atoms with Crippen molar-refractivity contribution in [1.29, 1.82) is 0 Å². The van der Waals surface area contributed by atoms with Crippen LogP contribution >= 0.6 is 0 Å². The lowest BCUT2D eigenvalue weighted by molar-refractivity contribution is -0.138. The van der Waals surface area contributed by atoms with Crippen LogP contribution in [0.3, 0.4) is 0 Å². The van der Waals surface area contributed by atoms with Gasteiger partial charge in [0.05, 0.1) is 5.92 Å². The maximum absolute atomic E-state index is 11.0. The van der Waals surface area contributed by atoms with E-state index in [4.69, 9.17) is 5.11 Å². The minimum atomic E-state index is -0.831. The van der Waals surface area contributed by atoms with Crippen LogP contribution in [0.2, 0.25) is 0 Å². The number of aromatic nitrogens is 2. The van der Waals surface area contributed by atoms with Crippen molar-refractivity contribution in [2.45, 2.75) is 12.8 Å². The number of anilines is 2. The molecular formula is C17H15N3O2. The molecule has 0 saturated carbocycles. The first-order chi connectivity index (χ1) is 10.6. The second-order valence-electron chi connectivity index (χ2n) is 5.06. The molecule has 110 valence electrons. The maximum atomic E-state index is 11.0. The first kappa shape index (κ1) is 14.0. The van der Waals surface area contributed by atoms with E-state index >= 15 is 0 Å². The van der Waals surface area contributed by atoms with Gasteiger partial charge in [0.2, 0.25) is 0 Å². The van der Waals surface area contributed by atoms with E-state index in [9.17, 15) is 4.79 Å². The number of rotatable bonds is 4. The van der Waals surface area contributed by atoms with Crippen molar-refractivity contribution < 1.29 is 9.90 Å². The van der Waals surface area contributed by atoms with E-state index in [-0.39, 0.29) is 0 Å². The van der Waals surface area contributed by atoms with Crippen molar-refractivity contribution in [3.8, 4) is 0 Å². The van der Waals surface area contributed by atoms with Crippen LogP contribution in [0.15, 0.2) is 55.0 Å². The molecule has 2 heterocycles. The van der Waals surface area contributed by atoms with Crippen LogP contribution in [0.5, 0.6) is 0 Å². The zero-order valence-corrected chi connectivity index (χ0v) is 12.0. The predicted octanol–water partition coefficient (Wildman–Crippen LogP) is 3.56. The maximum Gasteiger partial charge on any atom is 0.310 e. The lowest BCUT2D eigenvalue weighted by Crippen LogP contribution is -2.07. The van der Waals surface area contributed by atoms with Gasteiger partial charge in [0.25, 0.3) is 0 Å². The van der Waals surface area contributed by atoms with E-state index in [0.29, 0.717) is 0 Å². The van der Waals surface area contributed by atoms with Crippen molar-refractivity contribution in [3.05, 3.63) is 60.6 Å². The van der Waals surface area contributed by atoms with Crippen molar-refractivity contribution in [2.24, 2.45) is 0 Å². The third-order valence-corrected chi connectivity index (χ3v) is 3.61.